The van der Waals surface area contributed by atoms with E-state index in [2.05, 4.69) is 6.92 Å². The first-order chi connectivity index (χ1) is 10.1. The van der Waals surface area contributed by atoms with Gasteiger partial charge in [-0.3, -0.25) is 4.79 Å². The third-order valence-corrected chi connectivity index (χ3v) is 3.22. The van der Waals surface area contributed by atoms with Gasteiger partial charge in [0.1, 0.15) is 5.82 Å². The van der Waals surface area contributed by atoms with Crippen LogP contribution in [-0.4, -0.2) is 12.5 Å². The Labute approximate surface area is 124 Å². The van der Waals surface area contributed by atoms with Crippen molar-refractivity contribution in [3.63, 3.8) is 0 Å². The predicted molar refractivity (Wildman–Crippen MR) is 83.8 cm³/mol. The second-order valence-corrected chi connectivity index (χ2v) is 4.92. The first-order valence-electron chi connectivity index (χ1n) is 7.05. The van der Waals surface area contributed by atoms with Crippen molar-refractivity contribution >= 4 is 17.3 Å². The van der Waals surface area contributed by atoms with Crippen LogP contribution in [0.1, 0.15) is 30.1 Å². The third kappa shape index (κ3) is 3.81. The standard InChI is InChI=1S/C17H19FN2O/c1-2-3-9-20(16-7-5-4-6-8-16)17(21)13-10-14(18)12-15(19)11-13/h4-8,10-12H,2-3,9,19H2,1H3. The molecule has 0 unspecified atom stereocenters. The van der Waals surface area contributed by atoms with Crippen LogP contribution in [-0.2, 0) is 0 Å². The molecule has 0 saturated heterocycles. The first-order valence-corrected chi connectivity index (χ1v) is 7.05. The molecule has 2 rings (SSSR count). The summed E-state index contributed by atoms with van der Waals surface area (Å²) < 4.78 is 13.5. The number of benzene rings is 2. The number of nitrogens with two attached hydrogens (primary N) is 1. The lowest BCUT2D eigenvalue weighted by molar-refractivity contribution is 0.0986. The SMILES string of the molecule is CCCCN(C(=O)c1cc(N)cc(F)c1)c1ccccc1. The molecule has 0 aliphatic heterocycles. The van der Waals surface area contributed by atoms with E-state index in [-0.39, 0.29) is 17.2 Å². The summed E-state index contributed by atoms with van der Waals surface area (Å²) in [4.78, 5) is 14.3. The number of halogens is 1. The highest BCUT2D eigenvalue weighted by Crippen LogP contribution is 2.19. The maximum absolute atomic E-state index is 13.5. The Morgan fingerprint density at radius 2 is 1.90 bits per heavy atom. The zero-order chi connectivity index (χ0) is 15.2. The van der Waals surface area contributed by atoms with E-state index in [1.807, 2.05) is 30.3 Å². The van der Waals surface area contributed by atoms with Crippen LogP contribution in [0.2, 0.25) is 0 Å². The molecule has 0 spiro atoms. The van der Waals surface area contributed by atoms with E-state index in [1.165, 1.54) is 18.2 Å². The number of para-hydroxylation sites is 1. The zero-order valence-corrected chi connectivity index (χ0v) is 12.1. The van der Waals surface area contributed by atoms with Gasteiger partial charge in [0.15, 0.2) is 0 Å². The van der Waals surface area contributed by atoms with Gasteiger partial charge in [0.2, 0.25) is 0 Å². The summed E-state index contributed by atoms with van der Waals surface area (Å²) in [5.41, 5.74) is 6.95. The topological polar surface area (TPSA) is 46.3 Å². The molecule has 0 aliphatic rings. The number of hydrogen-bond acceptors (Lipinski definition) is 2. The predicted octanol–water partition coefficient (Wildman–Crippen LogP) is 3.85. The van der Waals surface area contributed by atoms with Crippen molar-refractivity contribution in [1.82, 2.24) is 0 Å². The fourth-order valence-electron chi connectivity index (χ4n) is 2.16. The van der Waals surface area contributed by atoms with E-state index in [1.54, 1.807) is 4.90 Å². The molecular formula is C17H19FN2O. The zero-order valence-electron chi connectivity index (χ0n) is 12.1. The smallest absolute Gasteiger partial charge is 0.258 e. The molecule has 4 heteroatoms. The molecule has 0 aromatic heterocycles. The van der Waals surface area contributed by atoms with E-state index in [4.69, 9.17) is 5.73 Å². The summed E-state index contributed by atoms with van der Waals surface area (Å²) in [6.45, 7) is 2.66. The van der Waals surface area contributed by atoms with Crippen LogP contribution in [0.3, 0.4) is 0 Å². The number of hydrogen-bond donors (Lipinski definition) is 1. The maximum Gasteiger partial charge on any atom is 0.258 e. The molecule has 0 fully saturated rings. The normalized spacial score (nSPS) is 10.4. The first kappa shape index (κ1) is 15.0. The van der Waals surface area contributed by atoms with Crippen LogP contribution in [0.4, 0.5) is 15.8 Å². The maximum atomic E-state index is 13.5. The van der Waals surface area contributed by atoms with Crippen LogP contribution in [0.25, 0.3) is 0 Å². The molecule has 3 nitrogen and oxygen atoms in total. The van der Waals surface area contributed by atoms with Gasteiger partial charge in [-0.2, -0.15) is 0 Å². The van der Waals surface area contributed by atoms with Gasteiger partial charge in [0.25, 0.3) is 5.91 Å². The Kier molecular flexibility index (Phi) is 4.93. The highest BCUT2D eigenvalue weighted by atomic mass is 19.1. The summed E-state index contributed by atoms with van der Waals surface area (Å²) in [5, 5.41) is 0. The Bertz CT molecular complexity index is 593. The van der Waals surface area contributed by atoms with Gasteiger partial charge in [-0.15, -0.1) is 0 Å². The summed E-state index contributed by atoms with van der Waals surface area (Å²) in [6, 6.07) is 13.3. The van der Waals surface area contributed by atoms with Gasteiger partial charge < -0.3 is 10.6 Å². The minimum Gasteiger partial charge on any atom is -0.399 e. The monoisotopic (exact) mass is 286 g/mol. The molecule has 0 atom stereocenters. The van der Waals surface area contributed by atoms with E-state index in [9.17, 15) is 9.18 Å². The lowest BCUT2D eigenvalue weighted by Gasteiger charge is -2.23. The van der Waals surface area contributed by atoms with Crippen LogP contribution in [0.5, 0.6) is 0 Å². The molecule has 110 valence electrons. The number of anilines is 2. The molecule has 2 N–H and O–H groups in total. The number of carbonyl (C=O) groups excluding carboxylic acids is 1. The third-order valence-electron chi connectivity index (χ3n) is 3.22. The number of rotatable bonds is 5. The van der Waals surface area contributed by atoms with Gasteiger partial charge >= 0.3 is 0 Å². The van der Waals surface area contributed by atoms with Gasteiger partial charge in [0.05, 0.1) is 0 Å². The average molecular weight is 286 g/mol. The largest absolute Gasteiger partial charge is 0.399 e. The van der Waals surface area contributed by atoms with Crippen LogP contribution >= 0.6 is 0 Å². The van der Waals surface area contributed by atoms with E-state index >= 15 is 0 Å². The van der Waals surface area contributed by atoms with Crippen molar-refractivity contribution in [2.45, 2.75) is 19.8 Å². The lowest BCUT2D eigenvalue weighted by Crippen LogP contribution is -2.32. The van der Waals surface area contributed by atoms with Gasteiger partial charge in [0, 0.05) is 23.5 Å². The molecule has 2 aromatic carbocycles. The summed E-state index contributed by atoms with van der Waals surface area (Å²) in [6.07, 6.45) is 1.85. The quantitative estimate of drug-likeness (QED) is 0.848. The van der Waals surface area contributed by atoms with Crippen molar-refractivity contribution < 1.29 is 9.18 Å². The Hall–Kier alpha value is -2.36. The van der Waals surface area contributed by atoms with Crippen LogP contribution in [0, 0.1) is 5.82 Å². The Balaban J connectivity index is 2.33. The van der Waals surface area contributed by atoms with Crippen molar-refractivity contribution in [3.05, 3.63) is 59.9 Å². The van der Waals surface area contributed by atoms with E-state index in [0.29, 0.717) is 6.54 Å². The van der Waals surface area contributed by atoms with E-state index in [0.717, 1.165) is 18.5 Å². The number of amides is 1. The molecule has 0 heterocycles. The van der Waals surface area contributed by atoms with Crippen molar-refractivity contribution in [2.75, 3.05) is 17.2 Å². The molecule has 21 heavy (non-hydrogen) atoms. The fourth-order valence-corrected chi connectivity index (χ4v) is 2.16. The average Bonchev–Trinajstić information content (AvgIpc) is 2.47. The molecule has 0 bridgehead atoms. The van der Waals surface area contributed by atoms with Crippen LogP contribution in [0.15, 0.2) is 48.5 Å². The highest BCUT2D eigenvalue weighted by Gasteiger charge is 2.18. The minimum atomic E-state index is -0.498. The summed E-state index contributed by atoms with van der Waals surface area (Å²) in [5.74, 6) is -0.734. The molecule has 0 radical (unpaired) electrons. The number of nitrogens with zero attached hydrogens (tertiary/aromatic N) is 1. The fraction of sp³-hybridized carbons (Fsp3) is 0.235. The molecule has 2 aromatic rings. The van der Waals surface area contributed by atoms with Gasteiger partial charge in [-0.1, -0.05) is 31.5 Å². The lowest BCUT2D eigenvalue weighted by atomic mass is 10.1. The Morgan fingerprint density at radius 3 is 2.52 bits per heavy atom. The molecule has 0 saturated carbocycles. The summed E-state index contributed by atoms with van der Waals surface area (Å²) in [7, 11) is 0. The van der Waals surface area contributed by atoms with Crippen LogP contribution < -0.4 is 10.6 Å². The highest BCUT2D eigenvalue weighted by molar-refractivity contribution is 6.06. The number of carbonyl (C=O) groups is 1. The number of nitrogen functional groups attached to an aromatic ring is 1. The van der Waals surface area contributed by atoms with E-state index < -0.39 is 5.82 Å². The number of unbranched alkanes of at least 4 members (excludes halogenated alkanes) is 1. The van der Waals surface area contributed by atoms with Crippen molar-refractivity contribution in [3.8, 4) is 0 Å². The minimum absolute atomic E-state index is 0.235. The van der Waals surface area contributed by atoms with Crippen molar-refractivity contribution in [1.29, 1.82) is 0 Å². The molecule has 1 amide bonds. The summed E-state index contributed by atoms with van der Waals surface area (Å²) >= 11 is 0. The second kappa shape index (κ2) is 6.88. The molecular weight excluding hydrogens is 267 g/mol. The Morgan fingerprint density at radius 1 is 1.19 bits per heavy atom. The van der Waals surface area contributed by atoms with Crippen molar-refractivity contribution in [2.24, 2.45) is 0 Å². The second-order valence-electron chi connectivity index (χ2n) is 4.92. The van der Waals surface area contributed by atoms with Gasteiger partial charge in [-0.25, -0.2) is 4.39 Å². The van der Waals surface area contributed by atoms with Gasteiger partial charge in [-0.05, 0) is 36.8 Å². The molecule has 0 aliphatic carbocycles.